The molecule has 4 aromatic rings. The van der Waals surface area contributed by atoms with Crippen molar-refractivity contribution >= 4 is 46.3 Å². The van der Waals surface area contributed by atoms with Gasteiger partial charge < -0.3 is 0 Å². The van der Waals surface area contributed by atoms with Gasteiger partial charge in [-0.25, -0.2) is 0 Å². The third-order valence-corrected chi connectivity index (χ3v) is 23.3. The molecule has 0 nitrogen and oxygen atoms in total. The molecule has 210 valence electrons. The SMILES string of the molecule is CCCCC1=Cc2c(ccc(C(C)(C)C)c2-c2cc(C)cc(C)c2)[CH]1[Zr]([Cl])([Cl])[c]1cccc2c1[SiH2]c1ccccc1-2. The van der Waals surface area contributed by atoms with Gasteiger partial charge in [-0.2, -0.15) is 0 Å². The number of hydrogen-bond acceptors (Lipinski definition) is 0. The fraction of sp³-hybridized carbons (Fsp3) is 0.297. The summed E-state index contributed by atoms with van der Waals surface area (Å²) in [6, 6.07) is 27.5. The number of hydrogen-bond donors (Lipinski definition) is 0. The predicted octanol–water partition coefficient (Wildman–Crippen LogP) is 8.78. The normalized spacial score (nSPS) is 16.5. The van der Waals surface area contributed by atoms with E-state index in [9.17, 15) is 0 Å². The van der Waals surface area contributed by atoms with Crippen molar-refractivity contribution < 1.29 is 17.9 Å². The molecule has 4 heteroatoms. The second kappa shape index (κ2) is 11.1. The Labute approximate surface area is 260 Å². The van der Waals surface area contributed by atoms with E-state index in [1.54, 1.807) is 0 Å². The van der Waals surface area contributed by atoms with E-state index < -0.39 is 27.4 Å². The van der Waals surface area contributed by atoms with E-state index in [0.29, 0.717) is 0 Å². The zero-order valence-corrected chi connectivity index (χ0v) is 30.6. The van der Waals surface area contributed by atoms with Crippen LogP contribution in [0.1, 0.15) is 78.4 Å². The van der Waals surface area contributed by atoms with Crippen LogP contribution < -0.4 is 13.6 Å². The number of allylic oxidation sites excluding steroid dienone is 1. The number of rotatable bonds is 6. The van der Waals surface area contributed by atoms with Gasteiger partial charge in [0, 0.05) is 0 Å². The van der Waals surface area contributed by atoms with E-state index in [1.165, 1.54) is 69.3 Å². The van der Waals surface area contributed by atoms with Crippen molar-refractivity contribution in [2.45, 2.75) is 69.8 Å². The Morgan fingerprint density at radius 2 is 1.56 bits per heavy atom. The molecule has 1 aliphatic heterocycles. The van der Waals surface area contributed by atoms with Crippen LogP contribution >= 0.6 is 17.0 Å². The van der Waals surface area contributed by atoms with Crippen molar-refractivity contribution in [1.29, 1.82) is 0 Å². The molecule has 1 unspecified atom stereocenters. The van der Waals surface area contributed by atoms with Gasteiger partial charge in [-0.15, -0.1) is 0 Å². The van der Waals surface area contributed by atoms with Crippen molar-refractivity contribution in [3.05, 3.63) is 106 Å². The van der Waals surface area contributed by atoms with Gasteiger partial charge in [0.05, 0.1) is 0 Å². The summed E-state index contributed by atoms with van der Waals surface area (Å²) in [6.07, 6.45) is 5.87. The van der Waals surface area contributed by atoms with Crippen LogP contribution in [0.3, 0.4) is 0 Å². The molecule has 0 amide bonds. The molecule has 41 heavy (non-hydrogen) atoms. The van der Waals surface area contributed by atoms with Crippen molar-refractivity contribution in [3.63, 3.8) is 0 Å². The fourth-order valence-electron chi connectivity index (χ4n) is 7.22. The zero-order chi connectivity index (χ0) is 29.1. The first-order valence-electron chi connectivity index (χ1n) is 15.1. The first-order valence-corrected chi connectivity index (χ1v) is 25.4. The summed E-state index contributed by atoms with van der Waals surface area (Å²) >= 11 is -4.00. The van der Waals surface area contributed by atoms with Crippen LogP contribution in [-0.4, -0.2) is 9.52 Å². The molecule has 0 radical (unpaired) electrons. The summed E-state index contributed by atoms with van der Waals surface area (Å²) in [4.78, 5) is 0. The monoisotopic (exact) mass is 672 g/mol. The average Bonchev–Trinajstić information content (AvgIpc) is 3.48. The van der Waals surface area contributed by atoms with Gasteiger partial charge in [-0.3, -0.25) is 0 Å². The van der Waals surface area contributed by atoms with Crippen molar-refractivity contribution in [2.75, 3.05) is 0 Å². The fourth-order valence-corrected chi connectivity index (χ4v) is 24.1. The molecule has 0 saturated carbocycles. The molecule has 0 fully saturated rings. The topological polar surface area (TPSA) is 0 Å². The first kappa shape index (κ1) is 29.4. The Morgan fingerprint density at radius 3 is 2.27 bits per heavy atom. The second-order valence-electron chi connectivity index (χ2n) is 13.2. The van der Waals surface area contributed by atoms with E-state index in [-0.39, 0.29) is 9.04 Å². The molecule has 0 bridgehead atoms. The maximum atomic E-state index is 7.93. The number of fused-ring (bicyclic) bond motifs is 4. The Bertz CT molecular complexity index is 1670. The molecule has 1 atom stereocenters. The van der Waals surface area contributed by atoms with Gasteiger partial charge in [-0.1, -0.05) is 0 Å². The summed E-state index contributed by atoms with van der Waals surface area (Å²) in [5.74, 6) is 0. The Kier molecular flexibility index (Phi) is 7.95. The Morgan fingerprint density at radius 1 is 0.854 bits per heavy atom. The van der Waals surface area contributed by atoms with Gasteiger partial charge in [0.25, 0.3) is 0 Å². The van der Waals surface area contributed by atoms with Crippen molar-refractivity contribution in [3.8, 4) is 22.3 Å². The molecule has 0 N–H and O–H groups in total. The quantitative estimate of drug-likeness (QED) is 0.158. The second-order valence-corrected chi connectivity index (χ2v) is 29.0. The van der Waals surface area contributed by atoms with E-state index in [4.69, 9.17) is 17.0 Å². The molecule has 6 rings (SSSR count). The third-order valence-electron chi connectivity index (χ3n) is 9.00. The molecular weight excluding hydrogens is 635 g/mol. The number of halogens is 2. The summed E-state index contributed by atoms with van der Waals surface area (Å²) in [5.41, 5.74) is 13.6. The van der Waals surface area contributed by atoms with Crippen LogP contribution in [-0.2, 0) is 23.3 Å². The maximum absolute atomic E-state index is 7.93. The molecule has 0 aromatic heterocycles. The van der Waals surface area contributed by atoms with E-state index in [0.717, 1.165) is 19.3 Å². The zero-order valence-electron chi connectivity index (χ0n) is 25.2. The van der Waals surface area contributed by atoms with Gasteiger partial charge in [-0.05, 0) is 0 Å². The van der Waals surface area contributed by atoms with Crippen LogP contribution in [0.4, 0.5) is 0 Å². The van der Waals surface area contributed by atoms with Gasteiger partial charge in [0.15, 0.2) is 0 Å². The molecule has 1 aliphatic carbocycles. The number of aryl methyl sites for hydroxylation is 2. The average molecular weight is 675 g/mol. The van der Waals surface area contributed by atoms with Crippen LogP contribution in [0.25, 0.3) is 28.3 Å². The third kappa shape index (κ3) is 5.22. The van der Waals surface area contributed by atoms with Crippen LogP contribution in [0.5, 0.6) is 0 Å². The van der Waals surface area contributed by atoms with Crippen LogP contribution in [0.15, 0.2) is 78.4 Å². The summed E-state index contributed by atoms with van der Waals surface area (Å²) in [5, 5.41) is 3.02. The van der Waals surface area contributed by atoms with E-state index >= 15 is 0 Å². The van der Waals surface area contributed by atoms with Crippen LogP contribution in [0, 0.1) is 13.8 Å². The summed E-state index contributed by atoms with van der Waals surface area (Å²) < 4.78 is 1.44. The number of benzene rings is 4. The number of unbranched alkanes of at least 4 members (excludes halogenated alkanes) is 1. The minimum atomic E-state index is -4.00. The van der Waals surface area contributed by atoms with Crippen molar-refractivity contribution in [2.24, 2.45) is 0 Å². The van der Waals surface area contributed by atoms with E-state index in [2.05, 4.69) is 120 Å². The Balaban J connectivity index is 1.57. The standard InChI is InChI=1S/C25H31.C12H9Si.2ClH.Zr/c1-7-8-9-19-15-20-10-11-23(25(4,5)6)24(22(20)16-19)21-13-17(2)12-18(3)14-21;1-3-7-11-9(5-1)10-6-2-4-8-12(10)13-11;;;/h10-16H,7-9H2,1-6H3;1-7H,13H2;2*1H;/q;;;;+2/p-2. The van der Waals surface area contributed by atoms with E-state index in [1.807, 2.05) is 0 Å². The summed E-state index contributed by atoms with van der Waals surface area (Å²) in [7, 11) is 15.2. The van der Waals surface area contributed by atoms with Crippen LogP contribution in [0.2, 0.25) is 0 Å². The predicted molar refractivity (Wildman–Crippen MR) is 181 cm³/mol. The van der Waals surface area contributed by atoms with Gasteiger partial charge in [0.1, 0.15) is 0 Å². The molecule has 4 aromatic carbocycles. The molecule has 0 spiro atoms. The summed E-state index contributed by atoms with van der Waals surface area (Å²) in [6.45, 7) is 13.7. The molecule has 2 aliphatic rings. The molecular formula is C37H40Cl2SiZr. The first-order chi connectivity index (χ1) is 19.5. The molecule has 1 heterocycles. The minimum absolute atomic E-state index is 0.0114. The van der Waals surface area contributed by atoms with Crippen molar-refractivity contribution in [1.82, 2.24) is 0 Å². The Hall–Kier alpha value is -1.70. The molecule has 0 saturated heterocycles. The van der Waals surface area contributed by atoms with Gasteiger partial charge >= 0.3 is 262 Å². The van der Waals surface area contributed by atoms with Gasteiger partial charge in [0.2, 0.25) is 0 Å².